The Balaban J connectivity index is 3.67. The zero-order chi connectivity index (χ0) is 10.1. The Kier molecular flexibility index (Phi) is 8.40. The summed E-state index contributed by atoms with van der Waals surface area (Å²) in [6, 6.07) is 0.283. The second kappa shape index (κ2) is 8.48. The molecular formula is C10H23NO2. The molecule has 0 radical (unpaired) electrons. The fourth-order valence-corrected chi connectivity index (χ4v) is 1.35. The molecule has 3 heteroatoms. The third-order valence-corrected chi connectivity index (χ3v) is 2.31. The van der Waals surface area contributed by atoms with Crippen LogP contribution in [0.25, 0.3) is 0 Å². The lowest BCUT2D eigenvalue weighted by Crippen LogP contribution is -2.42. The Hall–Kier alpha value is -0.120. The molecule has 0 rings (SSSR count). The SMILES string of the molecule is CCCCC(CC)NC(CO)CO. The summed E-state index contributed by atoms with van der Waals surface area (Å²) >= 11 is 0. The Morgan fingerprint density at radius 3 is 2.08 bits per heavy atom. The van der Waals surface area contributed by atoms with Crippen molar-refractivity contribution in [2.24, 2.45) is 0 Å². The molecule has 0 saturated carbocycles. The van der Waals surface area contributed by atoms with Gasteiger partial charge in [0.1, 0.15) is 0 Å². The molecule has 0 aliphatic rings. The molecule has 3 N–H and O–H groups in total. The predicted octanol–water partition coefficient (Wildman–Crippen LogP) is 0.898. The van der Waals surface area contributed by atoms with E-state index in [4.69, 9.17) is 10.2 Å². The van der Waals surface area contributed by atoms with Crippen LogP contribution in [-0.4, -0.2) is 35.5 Å². The number of aliphatic hydroxyl groups excluding tert-OH is 2. The molecule has 0 bridgehead atoms. The van der Waals surface area contributed by atoms with E-state index in [1.54, 1.807) is 0 Å². The minimum absolute atomic E-state index is 0.0130. The van der Waals surface area contributed by atoms with Gasteiger partial charge >= 0.3 is 0 Å². The Morgan fingerprint density at radius 1 is 1.08 bits per heavy atom. The minimum atomic E-state index is -0.151. The van der Waals surface area contributed by atoms with Gasteiger partial charge in [-0.05, 0) is 12.8 Å². The Bertz CT molecular complexity index is 105. The van der Waals surface area contributed by atoms with Crippen LogP contribution < -0.4 is 5.32 Å². The topological polar surface area (TPSA) is 52.5 Å². The molecule has 0 saturated heterocycles. The molecule has 1 atom stereocenters. The highest BCUT2D eigenvalue weighted by Crippen LogP contribution is 2.04. The molecule has 1 unspecified atom stereocenters. The van der Waals surface area contributed by atoms with E-state index in [0.29, 0.717) is 6.04 Å². The van der Waals surface area contributed by atoms with Crippen molar-refractivity contribution >= 4 is 0 Å². The molecule has 0 spiro atoms. The van der Waals surface area contributed by atoms with Gasteiger partial charge in [-0.2, -0.15) is 0 Å². The lowest BCUT2D eigenvalue weighted by molar-refractivity contribution is 0.159. The number of hydrogen-bond acceptors (Lipinski definition) is 3. The van der Waals surface area contributed by atoms with E-state index in [1.165, 1.54) is 12.8 Å². The molecule has 80 valence electrons. The van der Waals surface area contributed by atoms with Crippen molar-refractivity contribution in [1.82, 2.24) is 5.32 Å². The normalized spacial score (nSPS) is 13.6. The third-order valence-electron chi connectivity index (χ3n) is 2.31. The van der Waals surface area contributed by atoms with Gasteiger partial charge in [0.05, 0.1) is 19.3 Å². The minimum Gasteiger partial charge on any atom is -0.395 e. The smallest absolute Gasteiger partial charge is 0.0607 e. The summed E-state index contributed by atoms with van der Waals surface area (Å²) in [5.41, 5.74) is 0. The first-order valence-corrected chi connectivity index (χ1v) is 5.26. The van der Waals surface area contributed by atoms with Gasteiger partial charge < -0.3 is 15.5 Å². The van der Waals surface area contributed by atoms with E-state index < -0.39 is 0 Å². The lowest BCUT2D eigenvalue weighted by atomic mass is 10.1. The highest BCUT2D eigenvalue weighted by Gasteiger charge is 2.11. The zero-order valence-electron chi connectivity index (χ0n) is 8.79. The number of aliphatic hydroxyl groups is 2. The van der Waals surface area contributed by atoms with Crippen LogP contribution in [0.15, 0.2) is 0 Å². The van der Waals surface area contributed by atoms with Crippen LogP contribution in [0.4, 0.5) is 0 Å². The fourth-order valence-electron chi connectivity index (χ4n) is 1.35. The fraction of sp³-hybridized carbons (Fsp3) is 1.00. The molecule has 0 heterocycles. The van der Waals surface area contributed by atoms with Crippen LogP contribution >= 0.6 is 0 Å². The van der Waals surface area contributed by atoms with Gasteiger partial charge in [-0.15, -0.1) is 0 Å². The van der Waals surface area contributed by atoms with Gasteiger partial charge in [-0.25, -0.2) is 0 Å². The largest absolute Gasteiger partial charge is 0.395 e. The van der Waals surface area contributed by atoms with Crippen molar-refractivity contribution in [2.75, 3.05) is 13.2 Å². The van der Waals surface area contributed by atoms with Crippen molar-refractivity contribution < 1.29 is 10.2 Å². The number of unbranched alkanes of at least 4 members (excludes halogenated alkanes) is 1. The van der Waals surface area contributed by atoms with E-state index in [9.17, 15) is 0 Å². The van der Waals surface area contributed by atoms with E-state index in [0.717, 1.165) is 12.8 Å². The maximum Gasteiger partial charge on any atom is 0.0607 e. The number of hydrogen-bond donors (Lipinski definition) is 3. The number of rotatable bonds is 8. The Labute approximate surface area is 81.2 Å². The molecule has 0 aliphatic heterocycles. The maximum absolute atomic E-state index is 8.87. The highest BCUT2D eigenvalue weighted by molar-refractivity contribution is 4.71. The maximum atomic E-state index is 8.87. The molecule has 3 nitrogen and oxygen atoms in total. The standard InChI is InChI=1S/C10H23NO2/c1-3-5-6-9(4-2)11-10(7-12)8-13/h9-13H,3-8H2,1-2H3. The first kappa shape index (κ1) is 12.9. The van der Waals surface area contributed by atoms with Gasteiger partial charge in [-0.1, -0.05) is 26.7 Å². The summed E-state index contributed by atoms with van der Waals surface area (Å²) in [4.78, 5) is 0. The van der Waals surface area contributed by atoms with Crippen molar-refractivity contribution in [2.45, 2.75) is 51.6 Å². The van der Waals surface area contributed by atoms with Crippen LogP contribution in [-0.2, 0) is 0 Å². The van der Waals surface area contributed by atoms with Crippen molar-refractivity contribution in [3.63, 3.8) is 0 Å². The zero-order valence-corrected chi connectivity index (χ0v) is 8.79. The predicted molar refractivity (Wildman–Crippen MR) is 54.7 cm³/mol. The average Bonchev–Trinajstić information content (AvgIpc) is 2.19. The highest BCUT2D eigenvalue weighted by atomic mass is 16.3. The summed E-state index contributed by atoms with van der Waals surface area (Å²) in [6.45, 7) is 4.32. The Morgan fingerprint density at radius 2 is 1.69 bits per heavy atom. The van der Waals surface area contributed by atoms with Crippen molar-refractivity contribution in [3.05, 3.63) is 0 Å². The molecule has 0 aromatic carbocycles. The van der Waals surface area contributed by atoms with Gasteiger partial charge in [0.15, 0.2) is 0 Å². The monoisotopic (exact) mass is 189 g/mol. The molecule has 0 amide bonds. The van der Waals surface area contributed by atoms with Gasteiger partial charge in [0.25, 0.3) is 0 Å². The van der Waals surface area contributed by atoms with Crippen LogP contribution in [0, 0.1) is 0 Å². The van der Waals surface area contributed by atoms with Gasteiger partial charge in [0, 0.05) is 6.04 Å². The molecule has 13 heavy (non-hydrogen) atoms. The summed E-state index contributed by atoms with van der Waals surface area (Å²) in [6.07, 6.45) is 4.58. The quantitative estimate of drug-likeness (QED) is 0.532. The lowest BCUT2D eigenvalue weighted by Gasteiger charge is -2.21. The molecule has 0 aromatic heterocycles. The summed E-state index contributed by atoms with van der Waals surface area (Å²) < 4.78 is 0. The first-order chi connectivity index (χ1) is 6.28. The van der Waals surface area contributed by atoms with E-state index in [-0.39, 0.29) is 19.3 Å². The van der Waals surface area contributed by atoms with E-state index in [2.05, 4.69) is 19.2 Å². The second-order valence-corrected chi connectivity index (χ2v) is 3.48. The molecule has 0 aromatic rings. The molecule has 0 fully saturated rings. The van der Waals surface area contributed by atoms with Crippen molar-refractivity contribution in [1.29, 1.82) is 0 Å². The molecule has 0 aliphatic carbocycles. The van der Waals surface area contributed by atoms with E-state index >= 15 is 0 Å². The number of nitrogens with one attached hydrogen (secondary N) is 1. The van der Waals surface area contributed by atoms with Crippen molar-refractivity contribution in [3.8, 4) is 0 Å². The third kappa shape index (κ3) is 6.02. The van der Waals surface area contributed by atoms with Crippen LogP contribution in [0.3, 0.4) is 0 Å². The molecular weight excluding hydrogens is 166 g/mol. The van der Waals surface area contributed by atoms with Crippen LogP contribution in [0.5, 0.6) is 0 Å². The first-order valence-electron chi connectivity index (χ1n) is 5.26. The van der Waals surface area contributed by atoms with Gasteiger partial charge in [-0.3, -0.25) is 0 Å². The summed E-state index contributed by atoms with van der Waals surface area (Å²) in [5, 5.41) is 21.0. The summed E-state index contributed by atoms with van der Waals surface area (Å²) in [5.74, 6) is 0. The van der Waals surface area contributed by atoms with Crippen LogP contribution in [0.1, 0.15) is 39.5 Å². The van der Waals surface area contributed by atoms with Gasteiger partial charge in [0.2, 0.25) is 0 Å². The summed E-state index contributed by atoms with van der Waals surface area (Å²) in [7, 11) is 0. The average molecular weight is 189 g/mol. The van der Waals surface area contributed by atoms with Crippen LogP contribution in [0.2, 0.25) is 0 Å². The van der Waals surface area contributed by atoms with E-state index in [1.807, 2.05) is 0 Å². The second-order valence-electron chi connectivity index (χ2n) is 3.48.